The van der Waals surface area contributed by atoms with Crippen molar-refractivity contribution < 1.29 is 19.4 Å². The molecule has 0 bridgehead atoms. The molecule has 0 aliphatic rings. The third-order valence-corrected chi connectivity index (χ3v) is 3.95. The van der Waals surface area contributed by atoms with Crippen LogP contribution >= 0.6 is 0 Å². The van der Waals surface area contributed by atoms with Crippen LogP contribution in [0.2, 0.25) is 0 Å². The number of hydrogen-bond donors (Lipinski definition) is 1. The summed E-state index contributed by atoms with van der Waals surface area (Å²) < 4.78 is 10.4. The highest BCUT2D eigenvalue weighted by atomic mass is 16.6. The molecule has 1 atom stereocenters. The average Bonchev–Trinajstić information content (AvgIpc) is 2.59. The van der Waals surface area contributed by atoms with Crippen LogP contribution in [0.15, 0.2) is 47.7 Å². The molecule has 5 heteroatoms. The van der Waals surface area contributed by atoms with E-state index in [0.29, 0.717) is 0 Å². The van der Waals surface area contributed by atoms with Crippen LogP contribution < -0.4 is 4.74 Å². The number of benzene rings is 2. The van der Waals surface area contributed by atoms with Gasteiger partial charge in [-0.2, -0.15) is 5.26 Å². The standard InChI is InChI=1S/C21H23NO4/c1-13(19(23)18(12-22)20(24)26-21(2,3)4)14-6-7-16-11-17(25-5)9-8-15(16)10-14/h6-11,13,23H,1-5H3/t13-/m0/s1. The number of fused-ring (bicyclic) bond motifs is 1. The van der Waals surface area contributed by atoms with E-state index < -0.39 is 17.5 Å². The molecule has 2 aromatic rings. The van der Waals surface area contributed by atoms with E-state index in [1.54, 1.807) is 40.9 Å². The minimum atomic E-state index is -0.824. The first-order chi connectivity index (χ1) is 12.2. The fraction of sp³-hybridized carbons (Fsp3) is 0.333. The van der Waals surface area contributed by atoms with Crippen molar-refractivity contribution in [3.05, 3.63) is 53.3 Å². The van der Waals surface area contributed by atoms with Crippen LogP contribution in [0.25, 0.3) is 10.8 Å². The molecule has 0 fully saturated rings. The Balaban J connectivity index is 2.39. The van der Waals surface area contributed by atoms with Crippen molar-refractivity contribution in [2.24, 2.45) is 0 Å². The molecule has 0 saturated heterocycles. The van der Waals surface area contributed by atoms with E-state index in [0.717, 1.165) is 22.1 Å². The fourth-order valence-corrected chi connectivity index (χ4v) is 2.55. The number of rotatable bonds is 4. The monoisotopic (exact) mass is 353 g/mol. The first kappa shape index (κ1) is 19.3. The van der Waals surface area contributed by atoms with E-state index in [-0.39, 0.29) is 11.3 Å². The summed E-state index contributed by atoms with van der Waals surface area (Å²) in [5.41, 5.74) is -0.330. The molecule has 0 saturated carbocycles. The lowest BCUT2D eigenvalue weighted by Crippen LogP contribution is -2.25. The first-order valence-corrected chi connectivity index (χ1v) is 8.30. The number of ether oxygens (including phenoxy) is 2. The highest BCUT2D eigenvalue weighted by molar-refractivity contribution is 5.94. The van der Waals surface area contributed by atoms with Crippen LogP contribution in [0.4, 0.5) is 0 Å². The van der Waals surface area contributed by atoms with E-state index in [1.165, 1.54) is 0 Å². The second-order valence-corrected chi connectivity index (χ2v) is 7.07. The molecule has 0 aromatic heterocycles. The molecule has 0 unspecified atom stereocenters. The summed E-state index contributed by atoms with van der Waals surface area (Å²) in [6.07, 6.45) is 0. The minimum Gasteiger partial charge on any atom is -0.510 e. The van der Waals surface area contributed by atoms with Crippen LogP contribution in [-0.4, -0.2) is 23.8 Å². The van der Waals surface area contributed by atoms with Crippen LogP contribution in [0, 0.1) is 11.3 Å². The summed E-state index contributed by atoms with van der Waals surface area (Å²) >= 11 is 0. The summed E-state index contributed by atoms with van der Waals surface area (Å²) in [5.74, 6) is -0.883. The van der Waals surface area contributed by atoms with Crippen LogP contribution in [0.1, 0.15) is 39.2 Å². The zero-order chi connectivity index (χ0) is 19.5. The molecular formula is C21H23NO4. The molecule has 0 aliphatic carbocycles. The van der Waals surface area contributed by atoms with Crippen molar-refractivity contribution >= 4 is 16.7 Å². The fourth-order valence-electron chi connectivity index (χ4n) is 2.55. The molecule has 2 rings (SSSR count). The summed E-state index contributed by atoms with van der Waals surface area (Å²) in [6.45, 7) is 6.86. The summed E-state index contributed by atoms with van der Waals surface area (Å²) in [5, 5.41) is 21.8. The zero-order valence-electron chi connectivity index (χ0n) is 15.7. The Morgan fingerprint density at radius 2 is 1.77 bits per heavy atom. The van der Waals surface area contributed by atoms with Crippen LogP contribution in [-0.2, 0) is 9.53 Å². The Labute approximate surface area is 153 Å². The smallest absolute Gasteiger partial charge is 0.352 e. The van der Waals surface area contributed by atoms with Crippen molar-refractivity contribution in [3.8, 4) is 11.8 Å². The van der Waals surface area contributed by atoms with Crippen molar-refractivity contribution in [1.29, 1.82) is 5.26 Å². The quantitative estimate of drug-likeness (QED) is 0.375. The molecule has 0 spiro atoms. The Morgan fingerprint density at radius 1 is 1.15 bits per heavy atom. The Morgan fingerprint density at radius 3 is 2.35 bits per heavy atom. The van der Waals surface area contributed by atoms with Crippen LogP contribution in [0.3, 0.4) is 0 Å². The van der Waals surface area contributed by atoms with Gasteiger partial charge in [0.05, 0.1) is 7.11 Å². The van der Waals surface area contributed by atoms with E-state index in [2.05, 4.69) is 0 Å². The van der Waals surface area contributed by atoms with Gasteiger partial charge in [-0.1, -0.05) is 31.2 Å². The van der Waals surface area contributed by atoms with Gasteiger partial charge in [-0.05, 0) is 49.2 Å². The topological polar surface area (TPSA) is 79.5 Å². The summed E-state index contributed by atoms with van der Waals surface area (Å²) in [6, 6.07) is 13.1. The normalized spacial score (nSPS) is 13.5. The average molecular weight is 353 g/mol. The number of aliphatic hydroxyl groups is 1. The van der Waals surface area contributed by atoms with Gasteiger partial charge in [-0.3, -0.25) is 0 Å². The summed E-state index contributed by atoms with van der Waals surface area (Å²) in [4.78, 5) is 12.2. The number of methoxy groups -OCH3 is 1. The number of esters is 1. The lowest BCUT2D eigenvalue weighted by molar-refractivity contribution is -0.149. The van der Waals surface area contributed by atoms with Gasteiger partial charge in [-0.25, -0.2) is 4.79 Å². The Kier molecular flexibility index (Phi) is 5.56. The predicted octanol–water partition coefficient (Wildman–Crippen LogP) is 4.63. The zero-order valence-corrected chi connectivity index (χ0v) is 15.7. The van der Waals surface area contributed by atoms with Gasteiger partial charge in [0.2, 0.25) is 0 Å². The summed E-state index contributed by atoms with van der Waals surface area (Å²) in [7, 11) is 1.61. The lowest BCUT2D eigenvalue weighted by atomic mass is 9.94. The second-order valence-electron chi connectivity index (χ2n) is 7.07. The number of aliphatic hydroxyl groups excluding tert-OH is 1. The van der Waals surface area contributed by atoms with Gasteiger partial charge < -0.3 is 14.6 Å². The van der Waals surface area contributed by atoms with Gasteiger partial charge in [0, 0.05) is 5.92 Å². The second kappa shape index (κ2) is 7.49. The van der Waals surface area contributed by atoms with Gasteiger partial charge in [0.25, 0.3) is 0 Å². The Bertz CT molecular complexity index is 900. The molecule has 5 nitrogen and oxygen atoms in total. The van der Waals surface area contributed by atoms with Gasteiger partial charge in [-0.15, -0.1) is 0 Å². The van der Waals surface area contributed by atoms with E-state index in [9.17, 15) is 15.2 Å². The molecule has 0 heterocycles. The largest absolute Gasteiger partial charge is 0.510 e. The maximum Gasteiger partial charge on any atom is 0.352 e. The first-order valence-electron chi connectivity index (χ1n) is 8.30. The number of nitriles is 1. The lowest BCUT2D eigenvalue weighted by Gasteiger charge is -2.20. The van der Waals surface area contributed by atoms with Crippen molar-refractivity contribution in [3.63, 3.8) is 0 Å². The van der Waals surface area contributed by atoms with E-state index >= 15 is 0 Å². The highest BCUT2D eigenvalue weighted by Gasteiger charge is 2.26. The molecule has 0 amide bonds. The predicted molar refractivity (Wildman–Crippen MR) is 100 cm³/mol. The van der Waals surface area contributed by atoms with Gasteiger partial charge in [0.1, 0.15) is 23.2 Å². The molecule has 136 valence electrons. The van der Waals surface area contributed by atoms with Gasteiger partial charge >= 0.3 is 5.97 Å². The number of carbonyl (C=O) groups is 1. The van der Waals surface area contributed by atoms with Crippen molar-refractivity contribution in [2.75, 3.05) is 7.11 Å². The van der Waals surface area contributed by atoms with Crippen molar-refractivity contribution in [2.45, 2.75) is 39.2 Å². The SMILES string of the molecule is COc1ccc2cc([C@H](C)C(O)=C(C#N)C(=O)OC(C)(C)C)ccc2c1. The highest BCUT2D eigenvalue weighted by Crippen LogP contribution is 2.29. The molecule has 0 radical (unpaired) electrons. The molecular weight excluding hydrogens is 330 g/mol. The van der Waals surface area contributed by atoms with Gasteiger partial charge in [0.15, 0.2) is 5.57 Å². The minimum absolute atomic E-state index is 0.297. The van der Waals surface area contributed by atoms with E-state index in [1.807, 2.05) is 36.4 Å². The number of carbonyl (C=O) groups excluding carboxylic acids is 1. The number of allylic oxidation sites excluding steroid dienone is 1. The van der Waals surface area contributed by atoms with Crippen LogP contribution in [0.5, 0.6) is 5.75 Å². The molecule has 2 aromatic carbocycles. The maximum absolute atomic E-state index is 12.2. The number of hydrogen-bond acceptors (Lipinski definition) is 5. The molecule has 0 aliphatic heterocycles. The third kappa shape index (κ3) is 4.34. The van der Waals surface area contributed by atoms with E-state index in [4.69, 9.17) is 9.47 Å². The third-order valence-electron chi connectivity index (χ3n) is 3.95. The Hall–Kier alpha value is -3.00. The number of nitrogens with zero attached hydrogens (tertiary/aromatic N) is 1. The molecule has 1 N–H and O–H groups in total. The molecule has 26 heavy (non-hydrogen) atoms. The van der Waals surface area contributed by atoms with Crippen molar-refractivity contribution in [1.82, 2.24) is 0 Å². The maximum atomic E-state index is 12.2.